The molecule has 0 spiro atoms. The second kappa shape index (κ2) is 11.8. The number of nitrogens with one attached hydrogen (secondary N) is 1. The van der Waals surface area contributed by atoms with Crippen LogP contribution in [0.5, 0.6) is 0 Å². The van der Waals surface area contributed by atoms with Gasteiger partial charge in [0.05, 0.1) is 36.5 Å². The first kappa shape index (κ1) is 24.0. The molecule has 1 saturated heterocycles. The average Bonchev–Trinajstić information content (AvgIpc) is 3.10. The van der Waals surface area contributed by atoms with Gasteiger partial charge in [-0.3, -0.25) is 9.89 Å². The van der Waals surface area contributed by atoms with Gasteiger partial charge in [-0.25, -0.2) is 9.37 Å². The topological polar surface area (TPSA) is 53.0 Å². The number of hydrogen-bond acceptors (Lipinski definition) is 5. The molecule has 9 heteroatoms. The Bertz CT molecular complexity index is 797. The lowest BCUT2D eigenvalue weighted by Gasteiger charge is -2.35. The van der Waals surface area contributed by atoms with Gasteiger partial charge in [-0.1, -0.05) is 12.1 Å². The summed E-state index contributed by atoms with van der Waals surface area (Å²) in [6.07, 6.45) is 0. The third-order valence-electron chi connectivity index (χ3n) is 4.81. The van der Waals surface area contributed by atoms with E-state index >= 15 is 0 Å². The number of guanidine groups is 1. The van der Waals surface area contributed by atoms with Gasteiger partial charge in [-0.05, 0) is 24.6 Å². The lowest BCUT2D eigenvalue weighted by molar-refractivity contribution is 0.0168. The molecule has 6 nitrogen and oxygen atoms in total. The van der Waals surface area contributed by atoms with E-state index in [-0.39, 0.29) is 35.8 Å². The normalized spacial score (nSPS) is 16.2. The number of aliphatic imine (C=N–C) groups is 1. The smallest absolute Gasteiger partial charge is 0.193 e. The van der Waals surface area contributed by atoms with E-state index in [4.69, 9.17) is 4.74 Å². The Morgan fingerprint density at radius 2 is 2.17 bits per heavy atom. The van der Waals surface area contributed by atoms with Crippen molar-refractivity contribution >= 4 is 41.3 Å². The standard InChI is InChI=1S/C20H28FN5OS.HI/c1-15-24-18(14-28-15)13-25(3)20(22-2)23-12-19(26-7-9-27-10-8-26)16-5-4-6-17(21)11-16;/h4-6,11,14,19H,7-10,12-13H2,1-3H3,(H,22,23);1H. The van der Waals surface area contributed by atoms with Crippen LogP contribution in [0.1, 0.15) is 22.3 Å². The molecule has 0 amide bonds. The molecule has 1 fully saturated rings. The molecule has 2 aromatic rings. The molecule has 0 saturated carbocycles. The fourth-order valence-electron chi connectivity index (χ4n) is 3.43. The molecular weight excluding hydrogens is 504 g/mol. The molecule has 1 aliphatic heterocycles. The number of benzene rings is 1. The third-order valence-corrected chi connectivity index (χ3v) is 5.63. The zero-order chi connectivity index (χ0) is 19.9. The van der Waals surface area contributed by atoms with Gasteiger partial charge in [-0.2, -0.15) is 0 Å². The lowest BCUT2D eigenvalue weighted by atomic mass is 10.0. The number of ether oxygens (including phenoxy) is 1. The minimum absolute atomic E-state index is 0. The van der Waals surface area contributed by atoms with Gasteiger partial charge in [0.25, 0.3) is 0 Å². The number of nitrogens with zero attached hydrogens (tertiary/aromatic N) is 4. The van der Waals surface area contributed by atoms with Gasteiger partial charge in [0, 0.05) is 39.1 Å². The minimum Gasteiger partial charge on any atom is -0.379 e. The first-order valence-electron chi connectivity index (χ1n) is 9.47. The van der Waals surface area contributed by atoms with Gasteiger partial charge < -0.3 is 15.0 Å². The van der Waals surface area contributed by atoms with Gasteiger partial charge in [0.1, 0.15) is 5.82 Å². The lowest BCUT2D eigenvalue weighted by Crippen LogP contribution is -2.46. The second-order valence-electron chi connectivity index (χ2n) is 6.86. The van der Waals surface area contributed by atoms with Gasteiger partial charge in [0.2, 0.25) is 0 Å². The SMILES string of the molecule is CN=C(NCC(c1cccc(F)c1)N1CCOCC1)N(C)Cc1csc(C)n1.I. The molecule has 1 unspecified atom stereocenters. The van der Waals surface area contributed by atoms with Crippen molar-refractivity contribution in [2.75, 3.05) is 46.9 Å². The highest BCUT2D eigenvalue weighted by Gasteiger charge is 2.23. The molecule has 0 radical (unpaired) electrons. The fourth-order valence-corrected chi connectivity index (χ4v) is 4.04. The summed E-state index contributed by atoms with van der Waals surface area (Å²) < 4.78 is 19.3. The maximum atomic E-state index is 13.8. The predicted octanol–water partition coefficient (Wildman–Crippen LogP) is 3.29. The molecule has 1 atom stereocenters. The monoisotopic (exact) mass is 533 g/mol. The van der Waals surface area contributed by atoms with Crippen molar-refractivity contribution in [3.05, 3.63) is 51.7 Å². The molecule has 1 aliphatic rings. The Hall–Kier alpha value is -1.30. The number of hydrogen-bond donors (Lipinski definition) is 1. The van der Waals surface area contributed by atoms with E-state index in [2.05, 4.69) is 30.5 Å². The summed E-state index contributed by atoms with van der Waals surface area (Å²) >= 11 is 1.65. The third kappa shape index (κ3) is 6.87. The average molecular weight is 533 g/mol. The Morgan fingerprint density at radius 3 is 2.79 bits per heavy atom. The Morgan fingerprint density at radius 1 is 1.41 bits per heavy atom. The van der Waals surface area contributed by atoms with Gasteiger partial charge in [-0.15, -0.1) is 35.3 Å². The number of thiazole rings is 1. The van der Waals surface area contributed by atoms with Crippen LogP contribution in [0.4, 0.5) is 4.39 Å². The summed E-state index contributed by atoms with van der Waals surface area (Å²) in [5, 5.41) is 6.59. The highest BCUT2D eigenvalue weighted by atomic mass is 127. The van der Waals surface area contributed by atoms with Crippen LogP contribution in [-0.4, -0.2) is 67.7 Å². The largest absolute Gasteiger partial charge is 0.379 e. The van der Waals surface area contributed by atoms with Crippen LogP contribution in [0.15, 0.2) is 34.6 Å². The number of rotatable bonds is 6. The van der Waals surface area contributed by atoms with Crippen LogP contribution in [0.3, 0.4) is 0 Å². The molecule has 1 N–H and O–H groups in total. The summed E-state index contributed by atoms with van der Waals surface area (Å²) in [5.74, 6) is 0.580. The zero-order valence-electron chi connectivity index (χ0n) is 17.1. The maximum Gasteiger partial charge on any atom is 0.193 e. The minimum atomic E-state index is -0.212. The van der Waals surface area contributed by atoms with E-state index in [1.807, 2.05) is 20.0 Å². The Labute approximate surface area is 193 Å². The first-order chi connectivity index (χ1) is 13.6. The van der Waals surface area contributed by atoms with E-state index < -0.39 is 0 Å². The molecule has 2 heterocycles. The Kier molecular flexibility index (Phi) is 9.73. The van der Waals surface area contributed by atoms with Crippen molar-refractivity contribution in [3.63, 3.8) is 0 Å². The van der Waals surface area contributed by atoms with Crippen LogP contribution in [0.2, 0.25) is 0 Å². The van der Waals surface area contributed by atoms with E-state index in [1.165, 1.54) is 6.07 Å². The number of halogens is 2. The maximum absolute atomic E-state index is 13.8. The van der Waals surface area contributed by atoms with E-state index in [1.54, 1.807) is 30.5 Å². The highest BCUT2D eigenvalue weighted by Crippen LogP contribution is 2.22. The van der Waals surface area contributed by atoms with Crippen molar-refractivity contribution < 1.29 is 9.13 Å². The molecule has 160 valence electrons. The summed E-state index contributed by atoms with van der Waals surface area (Å²) in [4.78, 5) is 13.3. The number of aryl methyl sites for hydroxylation is 1. The van der Waals surface area contributed by atoms with E-state index in [0.717, 1.165) is 35.3 Å². The fraction of sp³-hybridized carbons (Fsp3) is 0.500. The van der Waals surface area contributed by atoms with Crippen LogP contribution < -0.4 is 5.32 Å². The van der Waals surface area contributed by atoms with Gasteiger partial charge >= 0.3 is 0 Å². The van der Waals surface area contributed by atoms with Crippen molar-refractivity contribution in [1.82, 2.24) is 20.1 Å². The summed E-state index contributed by atoms with van der Waals surface area (Å²) in [6.45, 7) is 6.38. The molecular formula is C20H29FIN5OS. The quantitative estimate of drug-likeness (QED) is 0.351. The van der Waals surface area contributed by atoms with Crippen molar-refractivity contribution in [3.8, 4) is 0 Å². The summed E-state index contributed by atoms with van der Waals surface area (Å²) in [6, 6.07) is 6.90. The zero-order valence-corrected chi connectivity index (χ0v) is 20.2. The van der Waals surface area contributed by atoms with E-state index in [0.29, 0.717) is 26.3 Å². The molecule has 0 bridgehead atoms. The predicted molar refractivity (Wildman–Crippen MR) is 127 cm³/mol. The van der Waals surface area contributed by atoms with E-state index in [9.17, 15) is 4.39 Å². The molecule has 1 aromatic carbocycles. The van der Waals surface area contributed by atoms with Crippen molar-refractivity contribution in [2.45, 2.75) is 19.5 Å². The van der Waals surface area contributed by atoms with Crippen LogP contribution in [-0.2, 0) is 11.3 Å². The number of morpholine rings is 1. The first-order valence-corrected chi connectivity index (χ1v) is 10.3. The summed E-state index contributed by atoms with van der Waals surface area (Å²) in [5.41, 5.74) is 1.99. The van der Waals surface area contributed by atoms with Crippen LogP contribution in [0, 0.1) is 12.7 Å². The van der Waals surface area contributed by atoms with Crippen LogP contribution in [0.25, 0.3) is 0 Å². The molecule has 0 aliphatic carbocycles. The summed E-state index contributed by atoms with van der Waals surface area (Å²) in [7, 11) is 3.77. The number of aromatic nitrogens is 1. The van der Waals surface area contributed by atoms with Crippen molar-refractivity contribution in [1.29, 1.82) is 0 Å². The molecule has 29 heavy (non-hydrogen) atoms. The highest BCUT2D eigenvalue weighted by molar-refractivity contribution is 14.0. The molecule has 3 rings (SSSR count). The van der Waals surface area contributed by atoms with Gasteiger partial charge in [0.15, 0.2) is 5.96 Å². The van der Waals surface area contributed by atoms with Crippen molar-refractivity contribution in [2.24, 2.45) is 4.99 Å². The van der Waals surface area contributed by atoms with Crippen LogP contribution >= 0.6 is 35.3 Å². The Balaban J connectivity index is 0.00000300. The second-order valence-corrected chi connectivity index (χ2v) is 7.92. The molecule has 1 aromatic heterocycles.